The van der Waals surface area contributed by atoms with Gasteiger partial charge in [-0.25, -0.2) is 0 Å². The number of aryl methyl sites for hydroxylation is 1. The maximum atomic E-state index is 13.4. The van der Waals surface area contributed by atoms with Crippen LogP contribution in [0.15, 0.2) is 64.3 Å². The third-order valence-electron chi connectivity index (χ3n) is 6.07. The van der Waals surface area contributed by atoms with Crippen molar-refractivity contribution in [3.05, 3.63) is 82.2 Å². The lowest BCUT2D eigenvalue weighted by molar-refractivity contribution is -0.116. The number of allylic oxidation sites excluding steroid dienone is 2. The van der Waals surface area contributed by atoms with E-state index in [-0.39, 0.29) is 23.4 Å². The molecule has 0 fully saturated rings. The van der Waals surface area contributed by atoms with Crippen LogP contribution in [0.1, 0.15) is 47.1 Å². The van der Waals surface area contributed by atoms with Crippen LogP contribution in [0.2, 0.25) is 0 Å². The van der Waals surface area contributed by atoms with Crippen LogP contribution in [0, 0.1) is 6.92 Å². The first-order valence-corrected chi connectivity index (χ1v) is 9.98. The summed E-state index contributed by atoms with van der Waals surface area (Å²) in [7, 11) is 1.52. The molecule has 2 aliphatic rings. The van der Waals surface area contributed by atoms with E-state index in [1.54, 1.807) is 12.1 Å². The number of hydrogen-bond acceptors (Lipinski definition) is 6. The summed E-state index contributed by atoms with van der Waals surface area (Å²) in [5.41, 5.74) is 5.40. The summed E-state index contributed by atoms with van der Waals surface area (Å²) in [4.78, 5) is 13.4. The molecule has 2 aromatic carbocycles. The van der Waals surface area contributed by atoms with E-state index >= 15 is 0 Å². The average molecular weight is 402 g/mol. The second-order valence-corrected chi connectivity index (χ2v) is 7.83. The number of nitrogens with zero attached hydrogens (tertiary/aromatic N) is 1. The molecule has 2 N–H and O–H groups in total. The number of anilines is 1. The first-order valence-electron chi connectivity index (χ1n) is 9.98. The Morgan fingerprint density at radius 2 is 1.93 bits per heavy atom. The molecule has 152 valence electrons. The lowest BCUT2D eigenvalue weighted by Gasteiger charge is -2.34. The number of ketones is 1. The smallest absolute Gasteiger partial charge is 0.233 e. The van der Waals surface area contributed by atoms with E-state index in [2.05, 4.69) is 10.5 Å². The molecule has 3 aromatic rings. The topological polar surface area (TPSA) is 84.6 Å². The fourth-order valence-electron chi connectivity index (χ4n) is 4.64. The molecule has 5 rings (SSSR count). The maximum absolute atomic E-state index is 13.4. The highest BCUT2D eigenvalue weighted by Crippen LogP contribution is 2.49. The van der Waals surface area contributed by atoms with Crippen molar-refractivity contribution in [1.82, 2.24) is 5.16 Å². The third-order valence-corrected chi connectivity index (χ3v) is 6.07. The van der Waals surface area contributed by atoms with Crippen molar-refractivity contribution in [3.8, 4) is 11.5 Å². The number of aromatic nitrogens is 1. The molecule has 0 amide bonds. The monoisotopic (exact) mass is 402 g/mol. The summed E-state index contributed by atoms with van der Waals surface area (Å²) >= 11 is 0. The van der Waals surface area contributed by atoms with Gasteiger partial charge in [-0.05, 0) is 42.5 Å². The second kappa shape index (κ2) is 7.06. The molecule has 0 bridgehead atoms. The van der Waals surface area contributed by atoms with Gasteiger partial charge in [-0.15, -0.1) is 0 Å². The number of nitrogens with one attached hydrogen (secondary N) is 1. The van der Waals surface area contributed by atoms with Crippen molar-refractivity contribution < 1.29 is 19.2 Å². The quantitative estimate of drug-likeness (QED) is 0.663. The molecule has 1 aliphatic carbocycles. The van der Waals surface area contributed by atoms with E-state index in [0.717, 1.165) is 33.7 Å². The summed E-state index contributed by atoms with van der Waals surface area (Å²) in [5, 5.41) is 17.4. The summed E-state index contributed by atoms with van der Waals surface area (Å²) < 4.78 is 10.8. The number of carbonyl (C=O) groups excluding carboxylic acids is 1. The van der Waals surface area contributed by atoms with Crippen LogP contribution in [0.5, 0.6) is 11.5 Å². The number of fused-ring (bicyclic) bond motifs is 1. The van der Waals surface area contributed by atoms with Crippen LogP contribution in [-0.2, 0) is 4.79 Å². The van der Waals surface area contributed by atoms with Crippen molar-refractivity contribution >= 4 is 11.7 Å². The summed E-state index contributed by atoms with van der Waals surface area (Å²) in [6, 6.07) is 15.3. The van der Waals surface area contributed by atoms with Gasteiger partial charge in [-0.1, -0.05) is 41.6 Å². The minimum Gasteiger partial charge on any atom is -0.504 e. The largest absolute Gasteiger partial charge is 0.504 e. The highest BCUT2D eigenvalue weighted by atomic mass is 16.5. The molecule has 0 saturated heterocycles. The Morgan fingerprint density at radius 1 is 1.13 bits per heavy atom. The van der Waals surface area contributed by atoms with Crippen LogP contribution in [0.25, 0.3) is 0 Å². The van der Waals surface area contributed by atoms with E-state index in [9.17, 15) is 9.90 Å². The standard InChI is InChI=1S/C24H22N2O4/c1-13-21-22(14-6-4-3-5-7-14)23-17(25-24(21)30-26-13)10-16(11-19(23)28)15-8-9-18(27)20(12-15)29-2/h3-9,12,16,22,25,27H,10-11H2,1-2H3/t16-,22-/m1/s1. The highest BCUT2D eigenvalue weighted by molar-refractivity contribution is 6.01. The number of hydrogen-bond donors (Lipinski definition) is 2. The van der Waals surface area contributed by atoms with Gasteiger partial charge in [0, 0.05) is 23.6 Å². The molecule has 0 radical (unpaired) electrons. The number of rotatable bonds is 3. The lowest BCUT2D eigenvalue weighted by atomic mass is 9.72. The summed E-state index contributed by atoms with van der Waals surface area (Å²) in [5.74, 6) is 1.01. The molecule has 1 aromatic heterocycles. The summed E-state index contributed by atoms with van der Waals surface area (Å²) in [6.07, 6.45) is 1.06. The van der Waals surface area contributed by atoms with Crippen molar-refractivity contribution in [2.75, 3.05) is 12.4 Å². The zero-order chi connectivity index (χ0) is 20.8. The minimum absolute atomic E-state index is 0.0137. The fourth-order valence-corrected chi connectivity index (χ4v) is 4.64. The number of aromatic hydroxyl groups is 1. The molecule has 0 spiro atoms. The number of methoxy groups -OCH3 is 1. The molecule has 0 saturated carbocycles. The second-order valence-electron chi connectivity index (χ2n) is 7.83. The molecule has 2 atom stereocenters. The average Bonchev–Trinajstić information content (AvgIpc) is 3.13. The Kier molecular flexibility index (Phi) is 4.35. The van der Waals surface area contributed by atoms with Gasteiger partial charge in [0.2, 0.25) is 5.88 Å². The highest BCUT2D eigenvalue weighted by Gasteiger charge is 2.41. The Hall–Kier alpha value is -3.54. The van der Waals surface area contributed by atoms with Gasteiger partial charge in [0.15, 0.2) is 17.3 Å². The molecule has 2 heterocycles. The van der Waals surface area contributed by atoms with Gasteiger partial charge in [-0.3, -0.25) is 4.79 Å². The number of carbonyl (C=O) groups is 1. The Balaban J connectivity index is 1.59. The number of phenols is 1. The zero-order valence-corrected chi connectivity index (χ0v) is 16.8. The zero-order valence-electron chi connectivity index (χ0n) is 16.8. The number of ether oxygens (including phenoxy) is 1. The van der Waals surface area contributed by atoms with Crippen molar-refractivity contribution in [1.29, 1.82) is 0 Å². The van der Waals surface area contributed by atoms with Gasteiger partial charge in [-0.2, -0.15) is 0 Å². The van der Waals surface area contributed by atoms with Crippen LogP contribution in [-0.4, -0.2) is 23.2 Å². The van der Waals surface area contributed by atoms with E-state index < -0.39 is 0 Å². The van der Waals surface area contributed by atoms with Crippen LogP contribution < -0.4 is 10.1 Å². The molecule has 6 heteroatoms. The first kappa shape index (κ1) is 18.5. The van der Waals surface area contributed by atoms with E-state index in [4.69, 9.17) is 9.26 Å². The first-order chi connectivity index (χ1) is 14.6. The van der Waals surface area contributed by atoms with Gasteiger partial charge >= 0.3 is 0 Å². The third kappa shape index (κ3) is 2.87. The summed E-state index contributed by atoms with van der Waals surface area (Å²) in [6.45, 7) is 1.91. The van der Waals surface area contributed by atoms with Crippen LogP contribution in [0.3, 0.4) is 0 Å². The normalized spacial score (nSPS) is 20.4. The predicted molar refractivity (Wildman–Crippen MR) is 112 cm³/mol. The lowest BCUT2D eigenvalue weighted by Crippen LogP contribution is -2.29. The predicted octanol–water partition coefficient (Wildman–Crippen LogP) is 4.66. The SMILES string of the molecule is COc1cc([C@H]2CC(=O)C3=C(C2)Nc2onc(C)c2[C@H]3c2ccccc2)ccc1O. The van der Waals surface area contributed by atoms with E-state index in [1.807, 2.05) is 43.3 Å². The van der Waals surface area contributed by atoms with E-state index in [1.165, 1.54) is 7.11 Å². The molecule has 1 aliphatic heterocycles. The Morgan fingerprint density at radius 3 is 2.70 bits per heavy atom. The number of benzene rings is 2. The molecular weight excluding hydrogens is 380 g/mol. The maximum Gasteiger partial charge on any atom is 0.233 e. The minimum atomic E-state index is -0.188. The van der Waals surface area contributed by atoms with Crippen LogP contribution >= 0.6 is 0 Å². The molecule has 0 unspecified atom stereocenters. The van der Waals surface area contributed by atoms with Crippen molar-refractivity contribution in [2.45, 2.75) is 31.6 Å². The fraction of sp³-hybridized carbons (Fsp3) is 0.250. The Labute approximate surface area is 174 Å². The van der Waals surface area contributed by atoms with Crippen LogP contribution in [0.4, 0.5) is 5.88 Å². The van der Waals surface area contributed by atoms with E-state index in [0.29, 0.717) is 24.5 Å². The molecule has 6 nitrogen and oxygen atoms in total. The molecular formula is C24H22N2O4. The van der Waals surface area contributed by atoms with Gasteiger partial charge in [0.05, 0.1) is 18.4 Å². The van der Waals surface area contributed by atoms with Crippen molar-refractivity contribution in [2.24, 2.45) is 0 Å². The van der Waals surface area contributed by atoms with Crippen molar-refractivity contribution in [3.63, 3.8) is 0 Å². The molecule has 30 heavy (non-hydrogen) atoms. The Bertz CT molecular complexity index is 1160. The number of phenolic OH excluding ortho intramolecular Hbond substituents is 1. The van der Waals surface area contributed by atoms with Gasteiger partial charge in [0.25, 0.3) is 0 Å². The van der Waals surface area contributed by atoms with Gasteiger partial charge < -0.3 is 19.7 Å². The number of Topliss-reactive ketones (excluding diaryl/α,β-unsaturated/α-hetero) is 1. The van der Waals surface area contributed by atoms with Gasteiger partial charge in [0.1, 0.15) is 0 Å².